The molecule has 1 aliphatic heterocycles. The second-order valence-corrected chi connectivity index (χ2v) is 5.87. The normalized spacial score (nSPS) is 24.1. The molecule has 0 aromatic heterocycles. The minimum Gasteiger partial charge on any atom is -0.382 e. The van der Waals surface area contributed by atoms with E-state index in [1.54, 1.807) is 7.11 Å². The maximum atomic E-state index is 5.50. The first-order valence-corrected chi connectivity index (χ1v) is 8.32. The zero-order chi connectivity index (χ0) is 14.6. The number of hydrogen-bond donors (Lipinski definition) is 1. The lowest BCUT2D eigenvalue weighted by atomic mass is 9.98. The van der Waals surface area contributed by atoms with Crippen molar-refractivity contribution in [1.29, 1.82) is 0 Å². The molecule has 120 valence electrons. The predicted octanol–water partition coefficient (Wildman–Crippen LogP) is 2.28. The number of hydrogen-bond acceptors (Lipinski definition) is 4. The molecule has 1 N–H and O–H groups in total. The molecule has 1 fully saturated rings. The van der Waals surface area contributed by atoms with Crippen LogP contribution >= 0.6 is 0 Å². The monoisotopic (exact) mass is 286 g/mol. The van der Waals surface area contributed by atoms with Crippen molar-refractivity contribution in [2.24, 2.45) is 0 Å². The molecule has 0 amide bonds. The van der Waals surface area contributed by atoms with Gasteiger partial charge in [0.15, 0.2) is 0 Å². The number of unbranched alkanes of at least 4 members (excludes halogenated alkanes) is 1. The molecule has 0 radical (unpaired) electrons. The maximum absolute atomic E-state index is 5.50. The third-order valence-corrected chi connectivity index (χ3v) is 4.11. The molecule has 20 heavy (non-hydrogen) atoms. The lowest BCUT2D eigenvalue weighted by molar-refractivity contribution is 0.0655. The summed E-state index contributed by atoms with van der Waals surface area (Å²) < 4.78 is 10.5. The van der Waals surface area contributed by atoms with Gasteiger partial charge < -0.3 is 19.7 Å². The van der Waals surface area contributed by atoms with Crippen LogP contribution in [0.15, 0.2) is 0 Å². The Bertz CT molecular complexity index is 227. The van der Waals surface area contributed by atoms with Gasteiger partial charge in [0, 0.05) is 25.8 Å². The van der Waals surface area contributed by atoms with Crippen molar-refractivity contribution in [2.75, 3.05) is 46.6 Å². The number of nitrogens with zero attached hydrogens (tertiary/aromatic N) is 1. The van der Waals surface area contributed by atoms with Gasteiger partial charge in [-0.3, -0.25) is 0 Å². The Labute approximate surface area is 125 Å². The molecule has 2 atom stereocenters. The fourth-order valence-corrected chi connectivity index (χ4v) is 2.85. The number of rotatable bonds is 11. The van der Waals surface area contributed by atoms with Crippen molar-refractivity contribution in [1.82, 2.24) is 10.2 Å². The quantitative estimate of drug-likeness (QED) is 0.591. The second kappa shape index (κ2) is 11.5. The zero-order valence-electron chi connectivity index (χ0n) is 13.7. The standard InChI is InChI=1S/C16H34N2O2/c1-4-8-17-16-7-10-18(15(2)14-16)9-5-6-11-20-13-12-19-3/h15-17H,4-14H2,1-3H3. The summed E-state index contributed by atoms with van der Waals surface area (Å²) in [5.41, 5.74) is 0. The molecule has 1 heterocycles. The van der Waals surface area contributed by atoms with Crippen LogP contribution in [0.3, 0.4) is 0 Å². The molecule has 0 bridgehead atoms. The predicted molar refractivity (Wildman–Crippen MR) is 84.3 cm³/mol. The molecule has 1 aliphatic rings. The van der Waals surface area contributed by atoms with Crippen LogP contribution < -0.4 is 5.32 Å². The van der Waals surface area contributed by atoms with Crippen molar-refractivity contribution in [3.8, 4) is 0 Å². The molecule has 1 saturated heterocycles. The van der Waals surface area contributed by atoms with E-state index in [-0.39, 0.29) is 0 Å². The van der Waals surface area contributed by atoms with Crippen LogP contribution in [0.25, 0.3) is 0 Å². The van der Waals surface area contributed by atoms with Gasteiger partial charge in [-0.1, -0.05) is 6.92 Å². The van der Waals surface area contributed by atoms with Gasteiger partial charge in [-0.2, -0.15) is 0 Å². The summed E-state index contributed by atoms with van der Waals surface area (Å²) in [4.78, 5) is 2.64. The largest absolute Gasteiger partial charge is 0.382 e. The van der Waals surface area contributed by atoms with E-state index in [9.17, 15) is 0 Å². The minimum absolute atomic E-state index is 0.704. The first-order valence-electron chi connectivity index (χ1n) is 8.32. The van der Waals surface area contributed by atoms with Crippen LogP contribution in [-0.2, 0) is 9.47 Å². The molecule has 0 aliphatic carbocycles. The van der Waals surface area contributed by atoms with E-state index in [1.165, 1.54) is 38.8 Å². The summed E-state index contributed by atoms with van der Waals surface area (Å²) in [5.74, 6) is 0. The molecule has 0 saturated carbocycles. The topological polar surface area (TPSA) is 33.7 Å². The molecule has 2 unspecified atom stereocenters. The average molecular weight is 286 g/mol. The number of ether oxygens (including phenoxy) is 2. The third kappa shape index (κ3) is 7.58. The summed E-state index contributed by atoms with van der Waals surface area (Å²) in [5, 5.41) is 3.66. The highest BCUT2D eigenvalue weighted by Crippen LogP contribution is 2.17. The van der Waals surface area contributed by atoms with Crippen LogP contribution in [0.1, 0.15) is 46.0 Å². The Morgan fingerprint density at radius 3 is 2.75 bits per heavy atom. The highest BCUT2D eigenvalue weighted by atomic mass is 16.5. The van der Waals surface area contributed by atoms with Gasteiger partial charge in [-0.05, 0) is 58.7 Å². The van der Waals surface area contributed by atoms with Gasteiger partial charge in [0.05, 0.1) is 13.2 Å². The van der Waals surface area contributed by atoms with Crippen molar-refractivity contribution < 1.29 is 9.47 Å². The lowest BCUT2D eigenvalue weighted by Crippen LogP contribution is -2.47. The Balaban J connectivity index is 2.01. The Morgan fingerprint density at radius 2 is 2.05 bits per heavy atom. The minimum atomic E-state index is 0.704. The van der Waals surface area contributed by atoms with Gasteiger partial charge >= 0.3 is 0 Å². The number of methoxy groups -OCH3 is 1. The van der Waals surface area contributed by atoms with E-state index in [0.29, 0.717) is 12.6 Å². The Morgan fingerprint density at radius 1 is 1.20 bits per heavy atom. The summed E-state index contributed by atoms with van der Waals surface area (Å²) in [6, 6.07) is 1.45. The Hall–Kier alpha value is -0.160. The van der Waals surface area contributed by atoms with E-state index < -0.39 is 0 Å². The summed E-state index contributed by atoms with van der Waals surface area (Å²) in [7, 11) is 1.71. The molecule has 1 rings (SSSR count). The van der Waals surface area contributed by atoms with E-state index in [4.69, 9.17) is 9.47 Å². The maximum Gasteiger partial charge on any atom is 0.0700 e. The lowest BCUT2D eigenvalue weighted by Gasteiger charge is -2.38. The molecule has 4 nitrogen and oxygen atoms in total. The average Bonchev–Trinajstić information content (AvgIpc) is 2.46. The van der Waals surface area contributed by atoms with Crippen molar-refractivity contribution in [3.63, 3.8) is 0 Å². The van der Waals surface area contributed by atoms with Gasteiger partial charge in [0.1, 0.15) is 0 Å². The van der Waals surface area contributed by atoms with E-state index in [1.807, 2.05) is 0 Å². The molecular weight excluding hydrogens is 252 g/mol. The third-order valence-electron chi connectivity index (χ3n) is 4.11. The second-order valence-electron chi connectivity index (χ2n) is 5.87. The first kappa shape index (κ1) is 17.9. The summed E-state index contributed by atoms with van der Waals surface area (Å²) in [6.07, 6.45) is 6.23. The molecular formula is C16H34N2O2. The van der Waals surface area contributed by atoms with Gasteiger partial charge in [-0.25, -0.2) is 0 Å². The van der Waals surface area contributed by atoms with E-state index >= 15 is 0 Å². The fraction of sp³-hybridized carbons (Fsp3) is 1.00. The first-order chi connectivity index (χ1) is 9.77. The number of likely N-dealkylation sites (tertiary alicyclic amines) is 1. The van der Waals surface area contributed by atoms with Crippen molar-refractivity contribution in [2.45, 2.75) is 58.0 Å². The fourth-order valence-electron chi connectivity index (χ4n) is 2.85. The SMILES string of the molecule is CCCNC1CCN(CCCCOCCOC)C(C)C1. The zero-order valence-corrected chi connectivity index (χ0v) is 13.7. The number of piperidine rings is 1. The van der Waals surface area contributed by atoms with Crippen LogP contribution in [0, 0.1) is 0 Å². The van der Waals surface area contributed by atoms with E-state index in [0.717, 1.165) is 32.2 Å². The highest BCUT2D eigenvalue weighted by Gasteiger charge is 2.24. The number of nitrogens with one attached hydrogen (secondary N) is 1. The van der Waals surface area contributed by atoms with Crippen LogP contribution in [0.5, 0.6) is 0 Å². The summed E-state index contributed by atoms with van der Waals surface area (Å²) >= 11 is 0. The molecule has 0 spiro atoms. The van der Waals surface area contributed by atoms with Crippen LogP contribution in [0.4, 0.5) is 0 Å². The van der Waals surface area contributed by atoms with Gasteiger partial charge in [0.2, 0.25) is 0 Å². The molecule has 0 aromatic carbocycles. The highest BCUT2D eigenvalue weighted by molar-refractivity contribution is 4.82. The summed E-state index contributed by atoms with van der Waals surface area (Å²) in [6.45, 7) is 10.5. The van der Waals surface area contributed by atoms with Crippen molar-refractivity contribution >= 4 is 0 Å². The smallest absolute Gasteiger partial charge is 0.0700 e. The van der Waals surface area contributed by atoms with Crippen LogP contribution in [0.2, 0.25) is 0 Å². The van der Waals surface area contributed by atoms with Crippen molar-refractivity contribution in [3.05, 3.63) is 0 Å². The van der Waals surface area contributed by atoms with Crippen LogP contribution in [-0.4, -0.2) is 63.5 Å². The van der Waals surface area contributed by atoms with E-state index in [2.05, 4.69) is 24.1 Å². The Kier molecular flexibility index (Phi) is 10.3. The van der Waals surface area contributed by atoms with Gasteiger partial charge in [-0.15, -0.1) is 0 Å². The molecule has 4 heteroatoms. The van der Waals surface area contributed by atoms with Gasteiger partial charge in [0.25, 0.3) is 0 Å². The molecule has 0 aromatic rings.